The van der Waals surface area contributed by atoms with Crippen molar-refractivity contribution in [1.29, 1.82) is 0 Å². The number of thiazole rings is 1. The van der Waals surface area contributed by atoms with E-state index in [0.29, 0.717) is 17.0 Å². The number of hydrogen-bond donors (Lipinski definition) is 1. The molecule has 0 saturated carbocycles. The Morgan fingerprint density at radius 2 is 2.45 bits per heavy atom. The predicted octanol–water partition coefficient (Wildman–Crippen LogP) is 1.20. The Morgan fingerprint density at radius 3 is 2.82 bits per heavy atom. The molecule has 11 heavy (non-hydrogen) atoms. The molecule has 1 N–H and O–H groups in total. The van der Waals surface area contributed by atoms with Crippen molar-refractivity contribution in [2.24, 2.45) is 0 Å². The second-order valence-corrected chi connectivity index (χ2v) is 2.53. The molecule has 1 heterocycles. The molecule has 1 aromatic rings. The summed E-state index contributed by atoms with van der Waals surface area (Å²) >= 11 is 1.05. The second-order valence-electron chi connectivity index (χ2n) is 1.74. The molecule has 1 aromatic heterocycles. The third-order valence-electron chi connectivity index (χ3n) is 1.12. The van der Waals surface area contributed by atoms with Crippen molar-refractivity contribution in [1.82, 2.24) is 4.98 Å². The molecule has 0 aliphatic heterocycles. The van der Waals surface area contributed by atoms with E-state index in [2.05, 4.69) is 10.5 Å². The standard InChI is InChI=1S/C6H6NO2S.Rf/c1-2-4-5(6(8)9)10-3-7-4;/h2H2,1H3,(H,8,9);/q-1;. The number of carboxylic acid groups (broad SMARTS) is 1. The first-order valence-corrected chi connectivity index (χ1v) is 3.66. The fourth-order valence-corrected chi connectivity index (χ4v) is 1.28. The zero-order chi connectivity index (χ0) is 7.56. The predicted molar refractivity (Wildman–Crippen MR) is 37.3 cm³/mol. The van der Waals surface area contributed by atoms with Crippen molar-refractivity contribution < 1.29 is 9.90 Å². The Hall–Kier alpha value is -1.90. The summed E-state index contributed by atoms with van der Waals surface area (Å²) in [5.41, 5.74) is 3.16. The minimum absolute atomic E-state index is 0. The largest absolute Gasteiger partial charge is 0.487 e. The molecule has 0 radical (unpaired) electrons. The average Bonchev–Trinajstić information content (AvgIpc) is 2.33. The van der Waals surface area contributed by atoms with Gasteiger partial charge in [-0.3, -0.25) is 16.1 Å². The van der Waals surface area contributed by atoms with Gasteiger partial charge in [0.15, 0.2) is 0 Å². The summed E-state index contributed by atoms with van der Waals surface area (Å²) in [5, 5.41) is 8.54. The maximum Gasteiger partial charge on any atom is 0.279 e. The molecule has 0 aliphatic carbocycles. The van der Waals surface area contributed by atoms with Crippen LogP contribution in [0, 0.1) is 5.51 Å². The van der Waals surface area contributed by atoms with Gasteiger partial charge >= 0.3 is 0 Å². The van der Waals surface area contributed by atoms with Crippen LogP contribution in [0.5, 0.6) is 0 Å². The molecule has 0 aliphatic rings. The average molecular weight is 423 g/mol. The first-order valence-electron chi connectivity index (χ1n) is 2.84. The van der Waals surface area contributed by atoms with E-state index in [1.165, 1.54) is 0 Å². The van der Waals surface area contributed by atoms with Crippen LogP contribution in [-0.4, -0.2) is 16.1 Å². The van der Waals surface area contributed by atoms with Gasteiger partial charge in [0.05, 0.1) is 0 Å². The molecule has 0 atom stereocenters. The summed E-state index contributed by atoms with van der Waals surface area (Å²) in [5.74, 6) is -0.907. The van der Waals surface area contributed by atoms with Crippen molar-refractivity contribution in [3.05, 3.63) is 16.1 Å². The second kappa shape index (κ2) is 3.31. The van der Waals surface area contributed by atoms with Crippen molar-refractivity contribution >= 4 is 17.3 Å². The number of rotatable bonds is 2. The zero-order valence-electron chi connectivity index (χ0n) is 6.13. The topological polar surface area (TPSA) is 50.2 Å². The third-order valence-corrected chi connectivity index (χ3v) is 1.92. The van der Waals surface area contributed by atoms with Gasteiger partial charge in [0.25, 0.3) is 5.97 Å². The number of aromatic carboxylic acids is 1. The Balaban J connectivity index is 0.000001000. The molecule has 0 saturated heterocycles. The Bertz CT molecular complexity index is 248. The molecule has 0 spiro atoms. The third kappa shape index (κ3) is 1.52. The van der Waals surface area contributed by atoms with E-state index < -0.39 is 5.97 Å². The molecule has 0 amide bonds. The van der Waals surface area contributed by atoms with Crippen LogP contribution in [0.1, 0.15) is 22.3 Å². The molecule has 56 valence electrons. The monoisotopic (exact) mass is 423 g/mol. The van der Waals surface area contributed by atoms with Crippen molar-refractivity contribution in [3.63, 3.8) is 0 Å². The van der Waals surface area contributed by atoms with Gasteiger partial charge in [-0.2, -0.15) is 0 Å². The van der Waals surface area contributed by atoms with Gasteiger partial charge in [-0.15, -0.1) is 0 Å². The summed E-state index contributed by atoms with van der Waals surface area (Å²) in [4.78, 5) is 14.5. The molecule has 1 rings (SSSR count). The van der Waals surface area contributed by atoms with Gasteiger partial charge in [-0.05, 0) is 10.4 Å². The molecule has 3 nitrogen and oxygen atoms in total. The smallest absolute Gasteiger partial charge is 0.279 e. The molecule has 0 bridgehead atoms. The van der Waals surface area contributed by atoms with Crippen molar-refractivity contribution in [2.75, 3.05) is 0 Å². The summed E-state index contributed by atoms with van der Waals surface area (Å²) in [6.45, 7) is 1.87. The summed E-state index contributed by atoms with van der Waals surface area (Å²) in [6, 6.07) is 0. The van der Waals surface area contributed by atoms with Crippen LogP contribution in [0.3, 0.4) is 0 Å². The molecule has 0 unspecified atom stereocenters. The van der Waals surface area contributed by atoms with Gasteiger partial charge in [0, 0.05) is 0 Å². The number of aryl methyl sites for hydroxylation is 1. The fraction of sp³-hybridized carbons (Fsp3) is 0.333. The maximum atomic E-state index is 10.4. The van der Waals surface area contributed by atoms with Gasteiger partial charge < -0.3 is 10.1 Å². The number of hydrogen-bond acceptors (Lipinski definition) is 3. The minimum Gasteiger partial charge on any atom is -0.487 e. The van der Waals surface area contributed by atoms with Gasteiger partial charge in [-0.25, -0.2) is 0 Å². The van der Waals surface area contributed by atoms with E-state index in [1.807, 2.05) is 6.92 Å². The van der Waals surface area contributed by atoms with Crippen molar-refractivity contribution in [3.8, 4) is 0 Å². The van der Waals surface area contributed by atoms with E-state index in [-0.39, 0.29) is 0 Å². The zero-order valence-corrected chi connectivity index (χ0v) is 13.3. The quantitative estimate of drug-likeness (QED) is 0.728. The van der Waals surface area contributed by atoms with Gasteiger partial charge in [0.1, 0.15) is 0 Å². The normalized spacial score (nSPS) is 8.82. The first kappa shape index (κ1) is 9.10. The van der Waals surface area contributed by atoms with E-state index in [9.17, 15) is 4.79 Å². The van der Waals surface area contributed by atoms with Crippen LogP contribution in [0.25, 0.3) is 0 Å². The SMILES string of the molecule is CCc1n[c-]sc1C(=O)O.[Rf]. The minimum atomic E-state index is -0.907. The van der Waals surface area contributed by atoms with Gasteiger partial charge in [-0.1, -0.05) is 19.0 Å². The number of nitrogens with zero attached hydrogens (tertiary/aromatic N) is 1. The van der Waals surface area contributed by atoms with Gasteiger partial charge in [0.2, 0.25) is 0 Å². The molecule has 0 aromatic carbocycles. The number of carbonyl (C=O) groups is 1. The molecular formula is C6H6NO2RfS-. The first-order chi connectivity index (χ1) is 4.75. The Labute approximate surface area is 62.3 Å². The van der Waals surface area contributed by atoms with Crippen LogP contribution in [0.2, 0.25) is 0 Å². The van der Waals surface area contributed by atoms with Crippen LogP contribution in [0.4, 0.5) is 0 Å². The van der Waals surface area contributed by atoms with Crippen LogP contribution in [0.15, 0.2) is 0 Å². The number of aromatic nitrogens is 1. The molecule has 5 heteroatoms. The van der Waals surface area contributed by atoms with Crippen molar-refractivity contribution in [2.45, 2.75) is 13.3 Å². The Kier molecular flexibility index (Phi) is 2.74. The van der Waals surface area contributed by atoms with E-state index >= 15 is 0 Å². The Morgan fingerprint density at radius 1 is 1.82 bits per heavy atom. The molecular weight excluding hydrogens is 417 g/mol. The summed E-state index contributed by atoms with van der Waals surface area (Å²) in [6.07, 6.45) is 0.654. The van der Waals surface area contributed by atoms with Crippen LogP contribution < -0.4 is 0 Å². The van der Waals surface area contributed by atoms with Crippen LogP contribution >= 0.6 is 11.3 Å². The van der Waals surface area contributed by atoms with E-state index in [4.69, 9.17) is 5.11 Å². The number of carboxylic acids is 1. The summed E-state index contributed by atoms with van der Waals surface area (Å²) in [7, 11) is 0. The fourth-order valence-electron chi connectivity index (χ4n) is 0.640. The summed E-state index contributed by atoms with van der Waals surface area (Å²) < 4.78 is 0. The van der Waals surface area contributed by atoms with E-state index in [0.717, 1.165) is 11.3 Å². The van der Waals surface area contributed by atoms with Crippen LogP contribution in [-0.2, 0) is 6.42 Å². The molecule has 0 fully saturated rings. The maximum absolute atomic E-state index is 10.4. The van der Waals surface area contributed by atoms with E-state index in [1.54, 1.807) is 0 Å².